The maximum Gasteiger partial charge on any atom is 0.191 e. The molecule has 0 amide bonds. The molecule has 0 aromatic heterocycles. The minimum atomic E-state index is -0.0935. The van der Waals surface area contributed by atoms with Crippen molar-refractivity contribution < 1.29 is 4.39 Å². The first-order valence-electron chi connectivity index (χ1n) is 9.55. The zero-order valence-electron chi connectivity index (χ0n) is 15.5. The first kappa shape index (κ1) is 18.2. The van der Waals surface area contributed by atoms with E-state index >= 15 is 0 Å². The smallest absolute Gasteiger partial charge is 0.191 e. The van der Waals surface area contributed by atoms with E-state index in [9.17, 15) is 4.39 Å². The third kappa shape index (κ3) is 4.72. The first-order chi connectivity index (χ1) is 12.1. The molecule has 2 fully saturated rings. The Kier molecular flexibility index (Phi) is 5.94. The molecule has 1 saturated carbocycles. The number of benzene rings is 1. The predicted molar refractivity (Wildman–Crippen MR) is 102 cm³/mol. The lowest BCUT2D eigenvalue weighted by Gasteiger charge is -2.23. The van der Waals surface area contributed by atoms with Gasteiger partial charge in [0.2, 0.25) is 0 Å². The van der Waals surface area contributed by atoms with Crippen LogP contribution in [0.4, 0.5) is 4.39 Å². The molecule has 1 aromatic carbocycles. The molecule has 1 aliphatic carbocycles. The Bertz CT molecular complexity index is 591. The summed E-state index contributed by atoms with van der Waals surface area (Å²) in [6.45, 7) is 7.53. The van der Waals surface area contributed by atoms with E-state index in [4.69, 9.17) is 0 Å². The number of hydrogen-bond acceptors (Lipinski definition) is 2. The molecule has 25 heavy (non-hydrogen) atoms. The van der Waals surface area contributed by atoms with Gasteiger partial charge in [-0.3, -0.25) is 4.99 Å². The van der Waals surface area contributed by atoms with Gasteiger partial charge in [0.05, 0.1) is 0 Å². The molecule has 4 nitrogen and oxygen atoms in total. The van der Waals surface area contributed by atoms with Crippen LogP contribution in [0.1, 0.15) is 38.2 Å². The molecule has 1 saturated heterocycles. The molecule has 1 atom stereocenters. The van der Waals surface area contributed by atoms with Gasteiger partial charge in [-0.1, -0.05) is 25.1 Å². The number of likely N-dealkylation sites (tertiary alicyclic amines) is 1. The van der Waals surface area contributed by atoms with Gasteiger partial charge in [0, 0.05) is 32.1 Å². The van der Waals surface area contributed by atoms with Crippen LogP contribution in [0.5, 0.6) is 0 Å². The Morgan fingerprint density at radius 1 is 1.24 bits per heavy atom. The minimum absolute atomic E-state index is 0.0653. The van der Waals surface area contributed by atoms with Crippen molar-refractivity contribution in [1.29, 1.82) is 0 Å². The molecule has 2 aliphatic rings. The number of rotatable bonds is 7. The molecule has 1 aromatic rings. The minimum Gasteiger partial charge on any atom is -0.356 e. The molecule has 0 radical (unpaired) electrons. The third-order valence-electron chi connectivity index (χ3n) is 5.50. The highest BCUT2D eigenvalue weighted by Crippen LogP contribution is 2.48. The van der Waals surface area contributed by atoms with Crippen LogP contribution < -0.4 is 10.6 Å². The largest absolute Gasteiger partial charge is 0.356 e. The molecule has 1 heterocycles. The van der Waals surface area contributed by atoms with E-state index in [1.807, 2.05) is 12.1 Å². The van der Waals surface area contributed by atoms with Gasteiger partial charge in [-0.25, -0.2) is 4.39 Å². The van der Waals surface area contributed by atoms with Crippen molar-refractivity contribution in [3.8, 4) is 0 Å². The van der Waals surface area contributed by atoms with Gasteiger partial charge >= 0.3 is 0 Å². The second-order valence-electron chi connectivity index (χ2n) is 7.68. The van der Waals surface area contributed by atoms with Crippen molar-refractivity contribution in [2.24, 2.45) is 10.9 Å². The standard InChI is InChI=1S/C20H31FN4/c1-16(14-25-11-5-6-12-25)13-23-19(22-2)24-15-20(9-10-20)17-7-3-4-8-18(17)21/h3-4,7-8,16H,5-6,9-15H2,1-2H3,(H2,22,23,24). The third-order valence-corrected chi connectivity index (χ3v) is 5.50. The lowest BCUT2D eigenvalue weighted by molar-refractivity contribution is 0.287. The van der Waals surface area contributed by atoms with Crippen LogP contribution in [0.25, 0.3) is 0 Å². The maximum absolute atomic E-state index is 14.1. The van der Waals surface area contributed by atoms with Gasteiger partial charge in [-0.15, -0.1) is 0 Å². The topological polar surface area (TPSA) is 39.7 Å². The van der Waals surface area contributed by atoms with Crippen molar-refractivity contribution >= 4 is 5.96 Å². The number of guanidine groups is 1. The van der Waals surface area contributed by atoms with Gasteiger partial charge < -0.3 is 15.5 Å². The van der Waals surface area contributed by atoms with E-state index in [0.29, 0.717) is 5.92 Å². The summed E-state index contributed by atoms with van der Waals surface area (Å²) in [7, 11) is 1.79. The van der Waals surface area contributed by atoms with Crippen molar-refractivity contribution in [1.82, 2.24) is 15.5 Å². The van der Waals surface area contributed by atoms with E-state index in [1.165, 1.54) is 25.9 Å². The normalized spacial score (nSPS) is 21.2. The van der Waals surface area contributed by atoms with Gasteiger partial charge in [-0.2, -0.15) is 0 Å². The van der Waals surface area contributed by atoms with E-state index in [1.54, 1.807) is 19.2 Å². The number of halogens is 1. The Balaban J connectivity index is 1.45. The Morgan fingerprint density at radius 2 is 1.96 bits per heavy atom. The highest BCUT2D eigenvalue weighted by atomic mass is 19.1. The van der Waals surface area contributed by atoms with Crippen LogP contribution >= 0.6 is 0 Å². The van der Waals surface area contributed by atoms with E-state index in [0.717, 1.165) is 44.0 Å². The summed E-state index contributed by atoms with van der Waals surface area (Å²) in [6.07, 6.45) is 4.73. The maximum atomic E-state index is 14.1. The fourth-order valence-electron chi connectivity index (χ4n) is 3.80. The number of aliphatic imine (C=N–C) groups is 1. The van der Waals surface area contributed by atoms with Crippen LogP contribution in [0, 0.1) is 11.7 Å². The molecule has 138 valence electrons. The molecule has 5 heteroatoms. The van der Waals surface area contributed by atoms with Crippen molar-refractivity contribution in [2.75, 3.05) is 39.8 Å². The molecule has 0 spiro atoms. The Morgan fingerprint density at radius 3 is 2.60 bits per heavy atom. The SMILES string of the molecule is CN=C(NCC(C)CN1CCCC1)NCC1(c2ccccc2F)CC1. The number of nitrogens with one attached hydrogen (secondary N) is 2. The zero-order chi connectivity index (χ0) is 17.7. The lowest BCUT2D eigenvalue weighted by atomic mass is 9.95. The highest BCUT2D eigenvalue weighted by molar-refractivity contribution is 5.79. The van der Waals surface area contributed by atoms with Gasteiger partial charge in [0.25, 0.3) is 0 Å². The molecular formula is C20H31FN4. The fourth-order valence-corrected chi connectivity index (χ4v) is 3.80. The van der Waals surface area contributed by atoms with E-state index in [2.05, 4.69) is 27.4 Å². The summed E-state index contributed by atoms with van der Waals surface area (Å²) >= 11 is 0. The average Bonchev–Trinajstić information content (AvgIpc) is 3.22. The Labute approximate surface area is 150 Å². The van der Waals surface area contributed by atoms with E-state index < -0.39 is 0 Å². The van der Waals surface area contributed by atoms with Gasteiger partial charge in [0.15, 0.2) is 5.96 Å². The molecular weight excluding hydrogens is 315 g/mol. The van der Waals surface area contributed by atoms with Crippen LogP contribution in [-0.2, 0) is 5.41 Å². The highest BCUT2D eigenvalue weighted by Gasteiger charge is 2.45. The summed E-state index contributed by atoms with van der Waals surface area (Å²) < 4.78 is 14.1. The summed E-state index contributed by atoms with van der Waals surface area (Å²) in [6, 6.07) is 7.15. The van der Waals surface area contributed by atoms with Gasteiger partial charge in [0.1, 0.15) is 5.82 Å². The van der Waals surface area contributed by atoms with Crippen molar-refractivity contribution in [3.05, 3.63) is 35.6 Å². The molecule has 1 aliphatic heterocycles. The molecule has 2 N–H and O–H groups in total. The van der Waals surface area contributed by atoms with Crippen LogP contribution in [0.3, 0.4) is 0 Å². The summed E-state index contributed by atoms with van der Waals surface area (Å²) in [5.41, 5.74) is 0.768. The second-order valence-corrected chi connectivity index (χ2v) is 7.68. The predicted octanol–water partition coefficient (Wildman–Crippen LogP) is 2.75. The van der Waals surface area contributed by atoms with Gasteiger partial charge in [-0.05, 0) is 56.3 Å². The second kappa shape index (κ2) is 8.17. The van der Waals surface area contributed by atoms with Crippen molar-refractivity contribution in [3.63, 3.8) is 0 Å². The first-order valence-corrected chi connectivity index (χ1v) is 9.55. The quantitative estimate of drug-likeness (QED) is 0.589. The molecule has 1 unspecified atom stereocenters. The zero-order valence-corrected chi connectivity index (χ0v) is 15.5. The monoisotopic (exact) mass is 346 g/mol. The van der Waals surface area contributed by atoms with E-state index in [-0.39, 0.29) is 11.2 Å². The summed E-state index contributed by atoms with van der Waals surface area (Å²) in [5.74, 6) is 1.30. The number of hydrogen-bond donors (Lipinski definition) is 2. The summed E-state index contributed by atoms with van der Waals surface area (Å²) in [5, 5.41) is 6.83. The van der Waals surface area contributed by atoms with Crippen molar-refractivity contribution in [2.45, 2.75) is 38.0 Å². The average molecular weight is 346 g/mol. The van der Waals surface area contributed by atoms with Crippen LogP contribution in [0.2, 0.25) is 0 Å². The summed E-state index contributed by atoms with van der Waals surface area (Å²) in [4.78, 5) is 6.87. The molecule has 0 bridgehead atoms. The lowest BCUT2D eigenvalue weighted by Crippen LogP contribution is -2.44. The number of nitrogens with zero attached hydrogens (tertiary/aromatic N) is 2. The molecule has 3 rings (SSSR count). The van der Waals surface area contributed by atoms with Crippen LogP contribution in [0.15, 0.2) is 29.3 Å². The fraction of sp³-hybridized carbons (Fsp3) is 0.650. The Hall–Kier alpha value is -1.62. The van der Waals surface area contributed by atoms with Crippen LogP contribution in [-0.4, -0.2) is 50.6 Å².